The van der Waals surface area contributed by atoms with Crippen LogP contribution in [-0.2, 0) is 22.6 Å². The van der Waals surface area contributed by atoms with E-state index < -0.39 is 6.04 Å². The summed E-state index contributed by atoms with van der Waals surface area (Å²) in [6.07, 6.45) is 1.10. The highest BCUT2D eigenvalue weighted by molar-refractivity contribution is 6.30. The lowest BCUT2D eigenvalue weighted by Gasteiger charge is -2.30. The van der Waals surface area contributed by atoms with Crippen molar-refractivity contribution in [3.8, 4) is 0 Å². The lowest BCUT2D eigenvalue weighted by molar-refractivity contribution is -0.140. The van der Waals surface area contributed by atoms with Crippen LogP contribution in [0.5, 0.6) is 0 Å². The number of carbonyl (C=O) groups is 2. The molecule has 0 aliphatic rings. The van der Waals surface area contributed by atoms with Gasteiger partial charge in [-0.1, -0.05) is 60.5 Å². The maximum Gasteiger partial charge on any atom is 0.242 e. The van der Waals surface area contributed by atoms with Gasteiger partial charge in [0.05, 0.1) is 6.42 Å². The van der Waals surface area contributed by atoms with Gasteiger partial charge in [-0.3, -0.25) is 9.59 Å². The van der Waals surface area contributed by atoms with Crippen LogP contribution < -0.4 is 5.32 Å². The zero-order valence-corrected chi connectivity index (χ0v) is 17.8. The number of rotatable bonds is 8. The van der Waals surface area contributed by atoms with Gasteiger partial charge in [-0.25, -0.2) is 0 Å². The summed E-state index contributed by atoms with van der Waals surface area (Å²) in [5, 5.41) is 3.62. The molecule has 0 radical (unpaired) electrons. The zero-order valence-electron chi connectivity index (χ0n) is 17.0. The molecular weight excluding hydrogens is 372 g/mol. The van der Waals surface area contributed by atoms with Gasteiger partial charge in [-0.2, -0.15) is 0 Å². The molecule has 0 heterocycles. The van der Waals surface area contributed by atoms with Gasteiger partial charge in [-0.15, -0.1) is 0 Å². The zero-order chi connectivity index (χ0) is 20.7. The third kappa shape index (κ3) is 6.38. The Bertz CT molecular complexity index is 805. The molecule has 0 bridgehead atoms. The van der Waals surface area contributed by atoms with E-state index in [4.69, 9.17) is 11.6 Å². The molecule has 2 atom stereocenters. The van der Waals surface area contributed by atoms with Gasteiger partial charge in [-0.05, 0) is 50.5 Å². The van der Waals surface area contributed by atoms with E-state index in [1.165, 1.54) is 0 Å². The number of halogens is 1. The van der Waals surface area contributed by atoms with Crippen LogP contribution in [0.2, 0.25) is 5.02 Å². The van der Waals surface area contributed by atoms with Crippen molar-refractivity contribution in [3.63, 3.8) is 0 Å². The molecule has 0 spiro atoms. The monoisotopic (exact) mass is 400 g/mol. The topological polar surface area (TPSA) is 49.4 Å². The van der Waals surface area contributed by atoms with Crippen molar-refractivity contribution >= 4 is 23.4 Å². The van der Waals surface area contributed by atoms with Crippen molar-refractivity contribution in [2.45, 2.75) is 59.2 Å². The van der Waals surface area contributed by atoms with E-state index in [0.29, 0.717) is 11.6 Å². The van der Waals surface area contributed by atoms with E-state index in [0.717, 1.165) is 23.1 Å². The number of nitrogens with zero attached hydrogens (tertiary/aromatic N) is 1. The van der Waals surface area contributed by atoms with Crippen LogP contribution in [0.3, 0.4) is 0 Å². The Labute approximate surface area is 172 Å². The van der Waals surface area contributed by atoms with E-state index in [1.54, 1.807) is 24.0 Å². The number of amides is 2. The molecule has 0 aliphatic heterocycles. The average Bonchev–Trinajstić information content (AvgIpc) is 2.66. The van der Waals surface area contributed by atoms with Crippen LogP contribution in [-0.4, -0.2) is 28.8 Å². The molecule has 28 heavy (non-hydrogen) atoms. The Balaban J connectivity index is 2.22. The van der Waals surface area contributed by atoms with Crippen molar-refractivity contribution in [1.82, 2.24) is 10.2 Å². The highest BCUT2D eigenvalue weighted by Crippen LogP contribution is 2.16. The third-order valence-corrected chi connectivity index (χ3v) is 5.12. The summed E-state index contributed by atoms with van der Waals surface area (Å²) < 4.78 is 0. The smallest absolute Gasteiger partial charge is 0.242 e. The fraction of sp³-hybridized carbons (Fsp3) is 0.391. The minimum atomic E-state index is -0.568. The molecule has 0 aliphatic carbocycles. The number of aryl methyl sites for hydroxylation is 1. The predicted octanol–water partition coefficient (Wildman–Crippen LogP) is 4.52. The minimum absolute atomic E-state index is 0.0687. The second-order valence-electron chi connectivity index (χ2n) is 7.31. The average molecular weight is 401 g/mol. The van der Waals surface area contributed by atoms with Crippen LogP contribution in [0.4, 0.5) is 0 Å². The highest BCUT2D eigenvalue weighted by atomic mass is 35.5. The Morgan fingerprint density at radius 1 is 1.07 bits per heavy atom. The van der Waals surface area contributed by atoms with Crippen LogP contribution in [0, 0.1) is 6.92 Å². The van der Waals surface area contributed by atoms with Gasteiger partial charge in [0.15, 0.2) is 0 Å². The van der Waals surface area contributed by atoms with E-state index in [1.807, 2.05) is 57.2 Å². The number of carbonyl (C=O) groups excluding carboxylic acids is 2. The summed E-state index contributed by atoms with van der Waals surface area (Å²) in [4.78, 5) is 27.4. The predicted molar refractivity (Wildman–Crippen MR) is 114 cm³/mol. The molecule has 0 saturated carbocycles. The second kappa shape index (κ2) is 10.3. The van der Waals surface area contributed by atoms with Crippen molar-refractivity contribution in [3.05, 3.63) is 70.2 Å². The van der Waals surface area contributed by atoms with Crippen molar-refractivity contribution in [2.75, 3.05) is 0 Å². The summed E-state index contributed by atoms with van der Waals surface area (Å²) in [6, 6.07) is 14.7. The van der Waals surface area contributed by atoms with E-state index >= 15 is 0 Å². The molecule has 2 rings (SSSR count). The Morgan fingerprint density at radius 3 is 2.36 bits per heavy atom. The maximum atomic E-state index is 13.1. The van der Waals surface area contributed by atoms with Gasteiger partial charge in [0.2, 0.25) is 11.8 Å². The fourth-order valence-electron chi connectivity index (χ4n) is 2.93. The van der Waals surface area contributed by atoms with Crippen LogP contribution in [0.1, 0.15) is 43.9 Å². The molecule has 2 aromatic carbocycles. The Morgan fingerprint density at radius 2 is 1.75 bits per heavy atom. The van der Waals surface area contributed by atoms with Crippen molar-refractivity contribution in [1.29, 1.82) is 0 Å². The number of benzene rings is 2. The normalized spacial score (nSPS) is 12.9. The van der Waals surface area contributed by atoms with Crippen molar-refractivity contribution in [2.24, 2.45) is 0 Å². The first-order valence-corrected chi connectivity index (χ1v) is 10.1. The maximum absolute atomic E-state index is 13.1. The van der Waals surface area contributed by atoms with Gasteiger partial charge in [0.1, 0.15) is 6.04 Å². The van der Waals surface area contributed by atoms with Gasteiger partial charge in [0, 0.05) is 17.6 Å². The number of nitrogens with one attached hydrogen (secondary N) is 1. The van der Waals surface area contributed by atoms with Crippen molar-refractivity contribution < 1.29 is 9.59 Å². The molecule has 150 valence electrons. The van der Waals surface area contributed by atoms with Gasteiger partial charge < -0.3 is 10.2 Å². The summed E-state index contributed by atoms with van der Waals surface area (Å²) in [7, 11) is 0. The number of hydrogen-bond acceptors (Lipinski definition) is 2. The fourth-order valence-corrected chi connectivity index (χ4v) is 3.06. The second-order valence-corrected chi connectivity index (χ2v) is 7.74. The largest absolute Gasteiger partial charge is 0.352 e. The lowest BCUT2D eigenvalue weighted by Crippen LogP contribution is -2.49. The molecule has 1 N–H and O–H groups in total. The molecule has 0 fully saturated rings. The van der Waals surface area contributed by atoms with Crippen LogP contribution in [0.15, 0.2) is 48.5 Å². The van der Waals surface area contributed by atoms with E-state index in [2.05, 4.69) is 5.32 Å². The molecule has 2 aromatic rings. The quantitative estimate of drug-likeness (QED) is 0.708. The van der Waals surface area contributed by atoms with Crippen LogP contribution in [0.25, 0.3) is 0 Å². The van der Waals surface area contributed by atoms with Crippen LogP contribution >= 0.6 is 11.6 Å². The van der Waals surface area contributed by atoms with Gasteiger partial charge in [0.25, 0.3) is 0 Å². The molecule has 2 amide bonds. The first kappa shape index (κ1) is 22.0. The lowest BCUT2D eigenvalue weighted by atomic mass is 10.1. The first-order chi connectivity index (χ1) is 13.3. The molecule has 0 saturated heterocycles. The summed E-state index contributed by atoms with van der Waals surface area (Å²) in [5.41, 5.74) is 2.99. The summed E-state index contributed by atoms with van der Waals surface area (Å²) in [6.45, 7) is 8.12. The first-order valence-electron chi connectivity index (χ1n) is 9.70. The summed E-state index contributed by atoms with van der Waals surface area (Å²) >= 11 is 5.97. The molecule has 5 heteroatoms. The highest BCUT2D eigenvalue weighted by Gasteiger charge is 2.26. The van der Waals surface area contributed by atoms with Gasteiger partial charge >= 0.3 is 0 Å². The minimum Gasteiger partial charge on any atom is -0.352 e. The molecule has 0 unspecified atom stereocenters. The summed E-state index contributed by atoms with van der Waals surface area (Å²) in [5.74, 6) is -0.215. The molecule has 4 nitrogen and oxygen atoms in total. The van der Waals surface area contributed by atoms with E-state index in [9.17, 15) is 9.59 Å². The standard InChI is InChI=1S/C23H29ClN2O2/c1-5-17(3)25-23(28)18(4)26(15-19-9-11-21(24)12-10-19)22(27)14-20-8-6-7-16(2)13-20/h6-13,17-18H,5,14-15H2,1-4H3,(H,25,28)/t17-,18-/m0/s1. The Hall–Kier alpha value is -2.33. The third-order valence-electron chi connectivity index (χ3n) is 4.87. The molecular formula is C23H29ClN2O2. The number of hydrogen-bond donors (Lipinski definition) is 1. The van der Waals surface area contributed by atoms with E-state index in [-0.39, 0.29) is 24.3 Å². The Kier molecular flexibility index (Phi) is 8.06. The SMILES string of the molecule is CC[C@H](C)NC(=O)[C@H](C)N(Cc1ccc(Cl)cc1)C(=O)Cc1cccc(C)c1. The molecule has 0 aromatic heterocycles.